The first kappa shape index (κ1) is 19.1. The molecule has 1 aliphatic carbocycles. The first-order valence-electron chi connectivity index (χ1n) is 8.81. The Bertz CT molecular complexity index is 847. The van der Waals surface area contributed by atoms with E-state index in [2.05, 4.69) is 10.3 Å². The van der Waals surface area contributed by atoms with Crippen LogP contribution in [-0.4, -0.2) is 41.6 Å². The van der Waals surface area contributed by atoms with Crippen LogP contribution in [0.1, 0.15) is 19.4 Å². The molecule has 0 aromatic heterocycles. The molecule has 3 N–H and O–H groups in total. The van der Waals surface area contributed by atoms with Gasteiger partial charge in [0.2, 0.25) is 0 Å². The number of carbonyl (C=O) groups excluding carboxylic acids is 1. The molecule has 3 rings (SSSR count). The molecule has 1 aliphatic heterocycles. The van der Waals surface area contributed by atoms with Gasteiger partial charge in [-0.1, -0.05) is 24.3 Å². The summed E-state index contributed by atoms with van der Waals surface area (Å²) in [5, 5.41) is 24.1. The highest BCUT2D eigenvalue weighted by Crippen LogP contribution is 2.29. The number of benzene rings is 1. The highest BCUT2D eigenvalue weighted by molar-refractivity contribution is 6.13. The average Bonchev–Trinajstić information content (AvgIpc) is 2.67. The van der Waals surface area contributed by atoms with Crippen LogP contribution in [0.5, 0.6) is 5.75 Å². The molecule has 2 unspecified atom stereocenters. The number of hydrogen-bond donors (Lipinski definition) is 3. The number of nitrogens with one attached hydrogen (secondary N) is 1. The summed E-state index contributed by atoms with van der Waals surface area (Å²) in [5.41, 5.74) is 1.67. The van der Waals surface area contributed by atoms with Crippen LogP contribution in [-0.2, 0) is 10.3 Å². The molecule has 0 radical (unpaired) electrons. The summed E-state index contributed by atoms with van der Waals surface area (Å²) in [4.78, 5) is 15.4. The van der Waals surface area contributed by atoms with E-state index >= 15 is 0 Å². The number of nitrogens with zero attached hydrogens (tertiary/aromatic N) is 1. The summed E-state index contributed by atoms with van der Waals surface area (Å²) in [6.07, 6.45) is 5.39. The molecule has 142 valence electrons. The van der Waals surface area contributed by atoms with Crippen LogP contribution in [0.15, 0.2) is 64.9 Å². The number of allylic oxidation sites excluding steroid dienone is 4. The van der Waals surface area contributed by atoms with Gasteiger partial charge < -0.3 is 20.3 Å². The van der Waals surface area contributed by atoms with E-state index in [0.717, 1.165) is 11.3 Å². The van der Waals surface area contributed by atoms with Gasteiger partial charge in [0, 0.05) is 24.1 Å². The molecule has 0 spiro atoms. The van der Waals surface area contributed by atoms with Crippen molar-refractivity contribution in [3.05, 3.63) is 65.5 Å². The van der Waals surface area contributed by atoms with Gasteiger partial charge in [0.1, 0.15) is 11.5 Å². The lowest BCUT2D eigenvalue weighted by Gasteiger charge is -2.31. The molecule has 0 saturated carbocycles. The number of carbonyl (C=O) groups is 1. The van der Waals surface area contributed by atoms with Crippen LogP contribution in [0, 0.1) is 5.92 Å². The molecule has 1 heterocycles. The minimum absolute atomic E-state index is 0.0415. The van der Waals surface area contributed by atoms with Crippen molar-refractivity contribution >= 4 is 11.6 Å². The standard InChI is InChI=1S/C21H24N2O4/c1-21(2,13-4-6-14(27-3)7-5-13)22-12-18(25)15-8-10-17(24)20-16(15)9-11-19(26)23-20/h4-11,16,18,22,24-25H,12H2,1-3H3. The zero-order chi connectivity index (χ0) is 19.6. The molecule has 0 fully saturated rings. The van der Waals surface area contributed by atoms with E-state index in [4.69, 9.17) is 4.74 Å². The summed E-state index contributed by atoms with van der Waals surface area (Å²) in [5.74, 6) is -0.0523. The van der Waals surface area contributed by atoms with Gasteiger partial charge >= 0.3 is 0 Å². The van der Waals surface area contributed by atoms with Gasteiger partial charge in [-0.3, -0.25) is 4.79 Å². The van der Waals surface area contributed by atoms with E-state index in [1.165, 1.54) is 12.2 Å². The number of amides is 1. The Morgan fingerprint density at radius 1 is 1.26 bits per heavy atom. The van der Waals surface area contributed by atoms with Gasteiger partial charge in [-0.25, -0.2) is 4.99 Å². The molecule has 1 aromatic carbocycles. The van der Waals surface area contributed by atoms with Gasteiger partial charge in [-0.15, -0.1) is 0 Å². The molecule has 2 atom stereocenters. The van der Waals surface area contributed by atoms with Gasteiger partial charge in [-0.2, -0.15) is 0 Å². The van der Waals surface area contributed by atoms with Crippen LogP contribution < -0.4 is 10.1 Å². The number of ether oxygens (including phenoxy) is 1. The number of fused-ring (bicyclic) bond motifs is 1. The molecule has 0 bridgehead atoms. The van der Waals surface area contributed by atoms with Crippen molar-refractivity contribution in [2.45, 2.75) is 25.5 Å². The van der Waals surface area contributed by atoms with Crippen molar-refractivity contribution in [3.8, 4) is 5.75 Å². The average molecular weight is 368 g/mol. The summed E-state index contributed by atoms with van der Waals surface area (Å²) in [7, 11) is 1.63. The first-order chi connectivity index (χ1) is 12.8. The lowest BCUT2D eigenvalue weighted by Crippen LogP contribution is -2.43. The monoisotopic (exact) mass is 368 g/mol. The molecule has 0 saturated heterocycles. The third-order valence-corrected chi connectivity index (χ3v) is 4.95. The Kier molecular flexibility index (Phi) is 5.30. The summed E-state index contributed by atoms with van der Waals surface area (Å²) in [6, 6.07) is 7.77. The zero-order valence-electron chi connectivity index (χ0n) is 15.6. The van der Waals surface area contributed by atoms with E-state index < -0.39 is 17.9 Å². The predicted molar refractivity (Wildman–Crippen MR) is 104 cm³/mol. The maximum absolute atomic E-state index is 11.5. The zero-order valence-corrected chi connectivity index (χ0v) is 15.6. The Labute approximate surface area is 158 Å². The maximum Gasteiger partial charge on any atom is 0.269 e. The van der Waals surface area contributed by atoms with Crippen molar-refractivity contribution < 1.29 is 19.7 Å². The third-order valence-electron chi connectivity index (χ3n) is 4.95. The predicted octanol–water partition coefficient (Wildman–Crippen LogP) is 2.42. The number of aliphatic hydroxyl groups is 2. The number of methoxy groups -OCH3 is 1. The first-order valence-corrected chi connectivity index (χ1v) is 8.81. The van der Waals surface area contributed by atoms with Crippen LogP contribution in [0.3, 0.4) is 0 Å². The second-order valence-electron chi connectivity index (χ2n) is 7.14. The molecule has 27 heavy (non-hydrogen) atoms. The fourth-order valence-electron chi connectivity index (χ4n) is 3.24. The van der Waals surface area contributed by atoms with Crippen LogP contribution in [0.2, 0.25) is 0 Å². The van der Waals surface area contributed by atoms with E-state index in [9.17, 15) is 15.0 Å². The topological polar surface area (TPSA) is 91.2 Å². The molecule has 1 aromatic rings. The van der Waals surface area contributed by atoms with Crippen LogP contribution >= 0.6 is 0 Å². The summed E-state index contributed by atoms with van der Waals surface area (Å²) >= 11 is 0. The molecular formula is C21H24N2O4. The highest BCUT2D eigenvalue weighted by atomic mass is 16.5. The second-order valence-corrected chi connectivity index (χ2v) is 7.14. The SMILES string of the molecule is COc1ccc(C(C)(C)NCC(O)C2=CC=C(O)C3=NC(=O)C=CC23)cc1. The van der Waals surface area contributed by atoms with Gasteiger partial charge in [0.25, 0.3) is 5.91 Å². The summed E-state index contributed by atoms with van der Waals surface area (Å²) in [6.45, 7) is 4.38. The fraction of sp³-hybridized carbons (Fsp3) is 0.333. The van der Waals surface area contributed by atoms with Crippen LogP contribution in [0.25, 0.3) is 0 Å². The van der Waals surface area contributed by atoms with Gasteiger partial charge in [0.15, 0.2) is 0 Å². The number of dihydropyridines is 1. The highest BCUT2D eigenvalue weighted by Gasteiger charge is 2.32. The third kappa shape index (κ3) is 4.02. The van der Waals surface area contributed by atoms with E-state index in [1.807, 2.05) is 38.1 Å². The normalized spacial score (nSPS) is 20.4. The quantitative estimate of drug-likeness (QED) is 0.717. The summed E-state index contributed by atoms with van der Waals surface area (Å²) < 4.78 is 5.19. The lowest BCUT2D eigenvalue weighted by atomic mass is 9.83. The maximum atomic E-state index is 11.5. The Balaban J connectivity index is 1.71. The second kappa shape index (κ2) is 7.50. The van der Waals surface area contributed by atoms with Crippen molar-refractivity contribution in [2.24, 2.45) is 10.9 Å². The number of rotatable bonds is 6. The van der Waals surface area contributed by atoms with Crippen LogP contribution in [0.4, 0.5) is 0 Å². The van der Waals surface area contributed by atoms with Gasteiger partial charge in [0.05, 0.1) is 18.9 Å². The largest absolute Gasteiger partial charge is 0.506 e. The minimum atomic E-state index is -0.792. The van der Waals surface area contributed by atoms with Gasteiger partial charge in [-0.05, 0) is 43.2 Å². The minimum Gasteiger partial charge on any atom is -0.506 e. The number of aliphatic hydroxyl groups excluding tert-OH is 2. The molecule has 6 heteroatoms. The van der Waals surface area contributed by atoms with E-state index in [-0.39, 0.29) is 17.0 Å². The molecular weight excluding hydrogens is 344 g/mol. The molecule has 2 aliphatic rings. The van der Waals surface area contributed by atoms with E-state index in [0.29, 0.717) is 12.1 Å². The Morgan fingerprint density at radius 2 is 1.96 bits per heavy atom. The van der Waals surface area contributed by atoms with Crippen molar-refractivity contribution in [1.82, 2.24) is 5.32 Å². The number of aliphatic imine (C=N–C) groups is 1. The van der Waals surface area contributed by atoms with Crippen molar-refractivity contribution in [3.63, 3.8) is 0 Å². The number of hydrogen-bond acceptors (Lipinski definition) is 5. The lowest BCUT2D eigenvalue weighted by molar-refractivity contribution is -0.113. The molecule has 1 amide bonds. The smallest absolute Gasteiger partial charge is 0.269 e. The Hall–Kier alpha value is -2.70. The fourth-order valence-corrected chi connectivity index (χ4v) is 3.24. The van der Waals surface area contributed by atoms with E-state index in [1.54, 1.807) is 19.3 Å². The Morgan fingerprint density at radius 3 is 2.63 bits per heavy atom. The van der Waals surface area contributed by atoms with Crippen molar-refractivity contribution in [2.75, 3.05) is 13.7 Å². The van der Waals surface area contributed by atoms with Crippen molar-refractivity contribution in [1.29, 1.82) is 0 Å². The molecule has 6 nitrogen and oxygen atoms in total.